The molecule has 0 unspecified atom stereocenters. The Labute approximate surface area is 155 Å². The number of hydrogen-bond donors (Lipinski definition) is 1. The average molecular weight is 359 g/mol. The van der Waals surface area contributed by atoms with Crippen LogP contribution in [0.25, 0.3) is 0 Å². The Morgan fingerprint density at radius 1 is 1.08 bits per heavy atom. The number of rotatable bonds is 3. The largest absolute Gasteiger partial charge is 0.479 e. The lowest BCUT2D eigenvalue weighted by atomic mass is 9.86. The number of carboxylic acids is 1. The first-order chi connectivity index (χ1) is 12.2. The van der Waals surface area contributed by atoms with Gasteiger partial charge in [0.15, 0.2) is 5.54 Å². The zero-order chi connectivity index (χ0) is 18.9. The van der Waals surface area contributed by atoms with Crippen molar-refractivity contribution in [3.63, 3.8) is 0 Å². The lowest BCUT2D eigenvalue weighted by molar-refractivity contribution is -0.153. The quantitative estimate of drug-likeness (QED) is 0.879. The Kier molecular flexibility index (Phi) is 5.00. The first-order valence-corrected chi connectivity index (χ1v) is 9.55. The highest BCUT2D eigenvalue weighted by Gasteiger charge is 2.54. The van der Waals surface area contributed by atoms with Crippen molar-refractivity contribution in [3.05, 3.63) is 35.4 Å². The number of aliphatic carboxylic acids is 1. The van der Waals surface area contributed by atoms with Crippen molar-refractivity contribution in [1.82, 2.24) is 4.90 Å². The highest BCUT2D eigenvalue weighted by molar-refractivity contribution is 5.87. The molecule has 5 heteroatoms. The van der Waals surface area contributed by atoms with Gasteiger partial charge in [-0.25, -0.2) is 9.59 Å². The second-order valence-electron chi connectivity index (χ2n) is 8.60. The van der Waals surface area contributed by atoms with Crippen molar-refractivity contribution >= 4 is 12.1 Å². The van der Waals surface area contributed by atoms with Gasteiger partial charge in [0.2, 0.25) is 0 Å². The molecule has 1 amide bonds. The van der Waals surface area contributed by atoms with E-state index in [1.54, 1.807) is 4.90 Å². The van der Waals surface area contributed by atoms with Crippen LogP contribution in [0.15, 0.2) is 24.3 Å². The molecule has 1 N–H and O–H groups in total. The monoisotopic (exact) mass is 359 g/mol. The molecular formula is C21H29NO4. The highest BCUT2D eigenvalue weighted by atomic mass is 16.6. The van der Waals surface area contributed by atoms with E-state index >= 15 is 0 Å². The van der Waals surface area contributed by atoms with Crippen LogP contribution in [0.5, 0.6) is 0 Å². The number of benzene rings is 1. The number of ether oxygens (including phenoxy) is 1. The number of nitrogens with zero attached hydrogens (tertiary/aromatic N) is 1. The van der Waals surface area contributed by atoms with Crippen molar-refractivity contribution in [3.8, 4) is 0 Å². The lowest BCUT2D eigenvalue weighted by Gasteiger charge is -2.44. The van der Waals surface area contributed by atoms with Gasteiger partial charge in [-0.1, -0.05) is 43.5 Å². The normalized spacial score (nSPS) is 19.7. The maximum absolute atomic E-state index is 13.1. The summed E-state index contributed by atoms with van der Waals surface area (Å²) >= 11 is 0. The molecule has 3 rings (SSSR count). The van der Waals surface area contributed by atoms with Gasteiger partial charge < -0.3 is 9.84 Å². The average Bonchev–Trinajstić information content (AvgIpc) is 2.94. The Bertz CT molecular complexity index is 660. The molecule has 1 aromatic rings. The van der Waals surface area contributed by atoms with Gasteiger partial charge in [-0.3, -0.25) is 4.90 Å². The molecule has 0 bridgehead atoms. The van der Waals surface area contributed by atoms with Crippen molar-refractivity contribution in [2.75, 3.05) is 0 Å². The molecule has 0 aromatic heterocycles. The van der Waals surface area contributed by atoms with Crippen molar-refractivity contribution in [2.45, 2.75) is 82.9 Å². The number of fused-ring (bicyclic) bond motifs is 1. The fourth-order valence-electron chi connectivity index (χ4n) is 4.34. The van der Waals surface area contributed by atoms with E-state index in [1.807, 2.05) is 45.0 Å². The maximum Gasteiger partial charge on any atom is 0.411 e. The molecule has 1 saturated carbocycles. The molecular weight excluding hydrogens is 330 g/mol. The van der Waals surface area contributed by atoms with Gasteiger partial charge in [-0.15, -0.1) is 0 Å². The number of hydrogen-bond acceptors (Lipinski definition) is 3. The number of carbonyl (C=O) groups is 2. The summed E-state index contributed by atoms with van der Waals surface area (Å²) in [5.74, 6) is -0.940. The second-order valence-corrected chi connectivity index (χ2v) is 8.60. The second kappa shape index (κ2) is 6.93. The van der Waals surface area contributed by atoms with Crippen LogP contribution in [0.4, 0.5) is 4.79 Å². The number of carbonyl (C=O) groups excluding carboxylic acids is 1. The molecule has 26 heavy (non-hydrogen) atoms. The van der Waals surface area contributed by atoms with Gasteiger partial charge in [-0.2, -0.15) is 0 Å². The fraction of sp³-hybridized carbons (Fsp3) is 0.619. The van der Waals surface area contributed by atoms with Crippen molar-refractivity contribution < 1.29 is 19.4 Å². The molecule has 142 valence electrons. The molecule has 1 fully saturated rings. The van der Waals surface area contributed by atoms with Crippen LogP contribution in [0.2, 0.25) is 0 Å². The third-order valence-electron chi connectivity index (χ3n) is 5.47. The van der Waals surface area contributed by atoms with Gasteiger partial charge in [-0.05, 0) is 44.7 Å². The number of amides is 1. The van der Waals surface area contributed by atoms with E-state index in [1.165, 1.54) is 0 Å². The summed E-state index contributed by atoms with van der Waals surface area (Å²) in [7, 11) is 0. The van der Waals surface area contributed by atoms with Crippen LogP contribution in [-0.4, -0.2) is 39.3 Å². The molecule has 5 nitrogen and oxygen atoms in total. The molecule has 2 aliphatic carbocycles. The minimum absolute atomic E-state index is 0.0796. The third-order valence-corrected chi connectivity index (χ3v) is 5.47. The zero-order valence-corrected chi connectivity index (χ0v) is 16.0. The van der Waals surface area contributed by atoms with Crippen LogP contribution in [0.3, 0.4) is 0 Å². The Hall–Kier alpha value is -2.04. The van der Waals surface area contributed by atoms with Crippen LogP contribution < -0.4 is 0 Å². The Morgan fingerprint density at radius 2 is 1.62 bits per heavy atom. The van der Waals surface area contributed by atoms with Crippen molar-refractivity contribution in [2.24, 2.45) is 0 Å². The highest BCUT2D eigenvalue weighted by Crippen LogP contribution is 2.40. The Balaban J connectivity index is 2.00. The Morgan fingerprint density at radius 3 is 2.08 bits per heavy atom. The summed E-state index contributed by atoms with van der Waals surface area (Å²) in [5, 5.41) is 10.2. The zero-order valence-electron chi connectivity index (χ0n) is 16.0. The molecule has 0 saturated heterocycles. The predicted octanol–water partition coefficient (Wildman–Crippen LogP) is 4.18. The van der Waals surface area contributed by atoms with Crippen LogP contribution >= 0.6 is 0 Å². The van der Waals surface area contributed by atoms with E-state index in [2.05, 4.69) is 0 Å². The van der Waals surface area contributed by atoms with Gasteiger partial charge in [0.05, 0.1) is 0 Å². The summed E-state index contributed by atoms with van der Waals surface area (Å²) in [6, 6.07) is 7.70. The van der Waals surface area contributed by atoms with Crippen molar-refractivity contribution in [1.29, 1.82) is 0 Å². The number of carboxylic acid groups (broad SMARTS) is 1. The summed E-state index contributed by atoms with van der Waals surface area (Å²) in [6.07, 6.45) is 5.04. The molecule has 2 aliphatic rings. The summed E-state index contributed by atoms with van der Waals surface area (Å²) in [5.41, 5.74) is 0.113. The molecule has 0 spiro atoms. The van der Waals surface area contributed by atoms with Crippen LogP contribution in [0, 0.1) is 0 Å². The maximum atomic E-state index is 13.1. The minimum atomic E-state index is -1.26. The lowest BCUT2D eigenvalue weighted by Crippen LogP contribution is -2.62. The topological polar surface area (TPSA) is 66.8 Å². The molecule has 0 radical (unpaired) electrons. The van der Waals surface area contributed by atoms with E-state index in [0.29, 0.717) is 12.8 Å². The minimum Gasteiger partial charge on any atom is -0.479 e. The standard InChI is InChI=1S/C21H29NO4/c1-20(2,3)26-19(25)22(17-11-5-4-6-12-17)21(18(23)24)13-15-9-7-8-10-16(15)14-21/h7-10,17H,4-6,11-14H2,1-3H3,(H,23,24). The molecule has 1 aromatic carbocycles. The fourth-order valence-corrected chi connectivity index (χ4v) is 4.34. The smallest absolute Gasteiger partial charge is 0.411 e. The van der Waals surface area contributed by atoms with E-state index in [-0.39, 0.29) is 6.04 Å². The van der Waals surface area contributed by atoms with Gasteiger partial charge in [0.25, 0.3) is 0 Å². The predicted molar refractivity (Wildman–Crippen MR) is 99.2 cm³/mol. The van der Waals surface area contributed by atoms with Gasteiger partial charge in [0, 0.05) is 18.9 Å². The van der Waals surface area contributed by atoms with E-state index < -0.39 is 23.2 Å². The van der Waals surface area contributed by atoms with Crippen LogP contribution in [0.1, 0.15) is 64.0 Å². The van der Waals surface area contributed by atoms with Gasteiger partial charge in [0.1, 0.15) is 5.60 Å². The molecule has 0 aliphatic heterocycles. The first kappa shape index (κ1) is 18.7. The van der Waals surface area contributed by atoms with Crippen LogP contribution in [-0.2, 0) is 22.4 Å². The SMILES string of the molecule is CC(C)(C)OC(=O)N(C1CCCCC1)C1(C(=O)O)Cc2ccccc2C1. The summed E-state index contributed by atoms with van der Waals surface area (Å²) < 4.78 is 5.66. The van der Waals surface area contributed by atoms with E-state index in [0.717, 1.165) is 43.2 Å². The third kappa shape index (κ3) is 3.57. The first-order valence-electron chi connectivity index (χ1n) is 9.55. The summed E-state index contributed by atoms with van der Waals surface area (Å²) in [6.45, 7) is 5.46. The molecule has 0 heterocycles. The van der Waals surface area contributed by atoms with E-state index in [9.17, 15) is 14.7 Å². The van der Waals surface area contributed by atoms with Gasteiger partial charge >= 0.3 is 12.1 Å². The summed E-state index contributed by atoms with van der Waals surface area (Å²) in [4.78, 5) is 27.2. The van der Waals surface area contributed by atoms with E-state index in [4.69, 9.17) is 4.74 Å². The molecule has 0 atom stereocenters.